The number of halogens is 1. The van der Waals surface area contributed by atoms with Gasteiger partial charge in [-0.25, -0.2) is 0 Å². The van der Waals surface area contributed by atoms with E-state index in [1.54, 1.807) is 41.0 Å². The molecular formula is C17H18ClN3O4. The summed E-state index contributed by atoms with van der Waals surface area (Å²) < 4.78 is 0. The van der Waals surface area contributed by atoms with E-state index in [1.807, 2.05) is 0 Å². The van der Waals surface area contributed by atoms with E-state index < -0.39 is 17.9 Å². The Morgan fingerprint density at radius 1 is 1.00 bits per heavy atom. The molecular weight excluding hydrogens is 346 g/mol. The van der Waals surface area contributed by atoms with Gasteiger partial charge >= 0.3 is 0 Å². The molecule has 7 nitrogen and oxygen atoms in total. The van der Waals surface area contributed by atoms with Gasteiger partial charge in [0, 0.05) is 26.2 Å². The maximum atomic E-state index is 12.7. The number of carbonyl (C=O) groups is 4. The Labute approximate surface area is 150 Å². The fourth-order valence-electron chi connectivity index (χ4n) is 3.20. The third-order valence-corrected chi connectivity index (χ3v) is 4.86. The Kier molecular flexibility index (Phi) is 4.76. The van der Waals surface area contributed by atoms with Crippen molar-refractivity contribution in [3.63, 3.8) is 0 Å². The van der Waals surface area contributed by atoms with Crippen LogP contribution in [-0.2, 0) is 9.59 Å². The second-order valence-corrected chi connectivity index (χ2v) is 6.31. The third-order valence-electron chi connectivity index (χ3n) is 4.63. The summed E-state index contributed by atoms with van der Waals surface area (Å²) in [5.74, 6) is -1.44. The Morgan fingerprint density at radius 2 is 1.48 bits per heavy atom. The van der Waals surface area contributed by atoms with Gasteiger partial charge < -0.3 is 9.80 Å². The van der Waals surface area contributed by atoms with E-state index >= 15 is 0 Å². The standard InChI is InChI=1S/C17H18ClN3O4/c1-11(15(23)20-8-6-19(7-9-20)14(22)10-18)21-16(24)12-4-2-3-5-13(12)17(21)25/h2-5,11H,6-10H2,1H3. The number of hydrogen-bond donors (Lipinski definition) is 0. The number of nitrogens with zero attached hydrogens (tertiary/aromatic N) is 3. The molecule has 1 fully saturated rings. The molecule has 1 aromatic carbocycles. The number of alkyl halides is 1. The molecule has 4 amide bonds. The van der Waals surface area contributed by atoms with Crippen LogP contribution in [-0.4, -0.2) is 76.4 Å². The van der Waals surface area contributed by atoms with E-state index in [-0.39, 0.29) is 17.7 Å². The monoisotopic (exact) mass is 363 g/mol. The molecule has 1 atom stereocenters. The Balaban J connectivity index is 1.69. The van der Waals surface area contributed by atoms with Crippen LogP contribution in [0, 0.1) is 0 Å². The minimum atomic E-state index is -0.886. The third kappa shape index (κ3) is 3.00. The second-order valence-electron chi connectivity index (χ2n) is 6.04. The lowest BCUT2D eigenvalue weighted by atomic mass is 10.1. The first-order valence-electron chi connectivity index (χ1n) is 8.05. The summed E-state index contributed by atoms with van der Waals surface area (Å²) in [5.41, 5.74) is 0.648. The lowest BCUT2D eigenvalue weighted by Crippen LogP contribution is -2.56. The fourth-order valence-corrected chi connectivity index (χ4v) is 3.36. The van der Waals surface area contributed by atoms with Crippen molar-refractivity contribution >= 4 is 35.2 Å². The maximum absolute atomic E-state index is 12.7. The summed E-state index contributed by atoms with van der Waals surface area (Å²) in [6, 6.07) is 5.66. The van der Waals surface area contributed by atoms with Crippen molar-refractivity contribution in [2.24, 2.45) is 0 Å². The van der Waals surface area contributed by atoms with Gasteiger partial charge in [0.05, 0.1) is 11.1 Å². The number of piperazine rings is 1. The van der Waals surface area contributed by atoms with Crippen molar-refractivity contribution in [3.8, 4) is 0 Å². The van der Waals surface area contributed by atoms with Gasteiger partial charge in [-0.1, -0.05) is 12.1 Å². The van der Waals surface area contributed by atoms with Gasteiger partial charge in [-0.15, -0.1) is 11.6 Å². The molecule has 132 valence electrons. The van der Waals surface area contributed by atoms with Crippen LogP contribution in [0.2, 0.25) is 0 Å². The van der Waals surface area contributed by atoms with Gasteiger partial charge in [0.15, 0.2) is 0 Å². The summed E-state index contributed by atoms with van der Waals surface area (Å²) >= 11 is 5.54. The molecule has 2 aliphatic heterocycles. The van der Waals surface area contributed by atoms with Crippen LogP contribution in [0.5, 0.6) is 0 Å². The van der Waals surface area contributed by atoms with Crippen LogP contribution in [0.4, 0.5) is 0 Å². The zero-order valence-corrected chi connectivity index (χ0v) is 14.5. The molecule has 0 N–H and O–H groups in total. The first kappa shape index (κ1) is 17.4. The maximum Gasteiger partial charge on any atom is 0.262 e. The van der Waals surface area contributed by atoms with Crippen molar-refractivity contribution < 1.29 is 19.2 Å². The number of fused-ring (bicyclic) bond motifs is 1. The van der Waals surface area contributed by atoms with E-state index in [0.29, 0.717) is 37.3 Å². The molecule has 1 aromatic rings. The highest BCUT2D eigenvalue weighted by molar-refractivity contribution is 6.27. The Morgan fingerprint density at radius 3 is 1.96 bits per heavy atom. The number of imide groups is 1. The molecule has 0 bridgehead atoms. The quantitative estimate of drug-likeness (QED) is 0.581. The van der Waals surface area contributed by atoms with E-state index in [9.17, 15) is 19.2 Å². The molecule has 8 heteroatoms. The highest BCUT2D eigenvalue weighted by atomic mass is 35.5. The predicted molar refractivity (Wildman–Crippen MR) is 90.3 cm³/mol. The first-order valence-corrected chi connectivity index (χ1v) is 8.58. The summed E-state index contributed by atoms with van der Waals surface area (Å²) in [4.78, 5) is 53.5. The van der Waals surface area contributed by atoms with E-state index in [0.717, 1.165) is 4.90 Å². The minimum Gasteiger partial charge on any atom is -0.338 e. The van der Waals surface area contributed by atoms with Gasteiger partial charge in [-0.2, -0.15) is 0 Å². The van der Waals surface area contributed by atoms with Crippen LogP contribution in [0.3, 0.4) is 0 Å². The van der Waals surface area contributed by atoms with Gasteiger partial charge in [0.25, 0.3) is 11.8 Å². The number of benzene rings is 1. The molecule has 1 saturated heterocycles. The van der Waals surface area contributed by atoms with Crippen molar-refractivity contribution in [1.82, 2.24) is 14.7 Å². The zero-order chi connectivity index (χ0) is 18.1. The Bertz CT molecular complexity index is 708. The van der Waals surface area contributed by atoms with Gasteiger partial charge in [-0.3, -0.25) is 24.1 Å². The molecule has 0 radical (unpaired) electrons. The van der Waals surface area contributed by atoms with Crippen LogP contribution >= 0.6 is 11.6 Å². The van der Waals surface area contributed by atoms with Crippen molar-refractivity contribution in [2.45, 2.75) is 13.0 Å². The highest BCUT2D eigenvalue weighted by Crippen LogP contribution is 2.25. The average molecular weight is 364 g/mol. The first-order chi connectivity index (χ1) is 12.0. The normalized spacial score (nSPS) is 18.4. The van der Waals surface area contributed by atoms with Crippen LogP contribution in [0.15, 0.2) is 24.3 Å². The van der Waals surface area contributed by atoms with Crippen LogP contribution in [0.25, 0.3) is 0 Å². The van der Waals surface area contributed by atoms with Crippen molar-refractivity contribution in [1.29, 1.82) is 0 Å². The average Bonchev–Trinajstić information content (AvgIpc) is 2.91. The van der Waals surface area contributed by atoms with Gasteiger partial charge in [-0.05, 0) is 19.1 Å². The largest absolute Gasteiger partial charge is 0.338 e. The van der Waals surface area contributed by atoms with E-state index in [4.69, 9.17) is 11.6 Å². The topological polar surface area (TPSA) is 78.0 Å². The molecule has 0 aromatic heterocycles. The number of rotatable bonds is 3. The molecule has 0 spiro atoms. The second kappa shape index (κ2) is 6.84. The smallest absolute Gasteiger partial charge is 0.262 e. The van der Waals surface area contributed by atoms with Crippen molar-refractivity contribution in [3.05, 3.63) is 35.4 Å². The SMILES string of the molecule is CC(C(=O)N1CCN(C(=O)CCl)CC1)N1C(=O)c2ccccc2C1=O. The zero-order valence-electron chi connectivity index (χ0n) is 13.8. The fraction of sp³-hybridized carbons (Fsp3) is 0.412. The summed E-state index contributed by atoms with van der Waals surface area (Å²) in [5, 5.41) is 0. The summed E-state index contributed by atoms with van der Waals surface area (Å²) in [6.07, 6.45) is 0. The predicted octanol–water partition coefficient (Wildman–Crippen LogP) is 0.581. The molecule has 0 saturated carbocycles. The minimum absolute atomic E-state index is 0.0839. The number of hydrogen-bond acceptors (Lipinski definition) is 4. The summed E-state index contributed by atoms with van der Waals surface area (Å²) in [6.45, 7) is 3.06. The molecule has 2 aliphatic rings. The molecule has 2 heterocycles. The van der Waals surface area contributed by atoms with Crippen LogP contribution < -0.4 is 0 Å². The van der Waals surface area contributed by atoms with Gasteiger partial charge in [0.2, 0.25) is 11.8 Å². The summed E-state index contributed by atoms with van der Waals surface area (Å²) in [7, 11) is 0. The molecule has 3 rings (SSSR count). The number of carbonyl (C=O) groups excluding carboxylic acids is 4. The molecule has 0 aliphatic carbocycles. The lowest BCUT2D eigenvalue weighted by molar-refractivity contribution is -0.140. The van der Waals surface area contributed by atoms with Gasteiger partial charge in [0.1, 0.15) is 11.9 Å². The highest BCUT2D eigenvalue weighted by Gasteiger charge is 2.42. The lowest BCUT2D eigenvalue weighted by Gasteiger charge is -2.36. The molecule has 25 heavy (non-hydrogen) atoms. The van der Waals surface area contributed by atoms with E-state index in [1.165, 1.54) is 0 Å². The van der Waals surface area contributed by atoms with Crippen molar-refractivity contribution in [2.75, 3.05) is 32.1 Å². The van der Waals surface area contributed by atoms with Crippen LogP contribution in [0.1, 0.15) is 27.6 Å². The Hall–Kier alpha value is -2.41. The van der Waals surface area contributed by atoms with E-state index in [2.05, 4.69) is 0 Å². The number of amides is 4. The molecule has 1 unspecified atom stereocenters.